The molecular weight excluding hydrogens is 226 g/mol. The molecule has 3 nitrogen and oxygen atoms in total. The molecule has 3 heteroatoms. The molecule has 18 heavy (non-hydrogen) atoms. The molecule has 0 unspecified atom stereocenters. The fraction of sp³-hybridized carbons (Fsp3) is 0.533. The van der Waals surface area contributed by atoms with Crippen molar-refractivity contribution in [3.63, 3.8) is 0 Å². The number of carbonyl (C=O) groups is 1. The van der Waals surface area contributed by atoms with Crippen LogP contribution < -0.4 is 4.90 Å². The Morgan fingerprint density at radius 1 is 1.28 bits per heavy atom. The van der Waals surface area contributed by atoms with Gasteiger partial charge in [-0.05, 0) is 43.9 Å². The molecule has 0 saturated heterocycles. The van der Waals surface area contributed by atoms with Gasteiger partial charge in [0, 0.05) is 25.2 Å². The van der Waals surface area contributed by atoms with Crippen LogP contribution in [0.1, 0.15) is 37.3 Å². The zero-order chi connectivity index (χ0) is 13.5. The molecule has 0 atom stereocenters. The number of carboxylic acids is 1. The highest BCUT2D eigenvalue weighted by Gasteiger charge is 2.10. The summed E-state index contributed by atoms with van der Waals surface area (Å²) in [6.45, 7) is 8.18. The molecule has 0 radical (unpaired) electrons. The van der Waals surface area contributed by atoms with Gasteiger partial charge in [0.15, 0.2) is 0 Å². The van der Waals surface area contributed by atoms with Gasteiger partial charge in [0.05, 0.1) is 0 Å². The maximum Gasteiger partial charge on any atom is 0.303 e. The Labute approximate surface area is 109 Å². The average Bonchev–Trinajstić information content (AvgIpc) is 2.31. The van der Waals surface area contributed by atoms with E-state index in [0.717, 1.165) is 19.5 Å². The number of nitrogens with zero attached hydrogens (tertiary/aromatic N) is 1. The highest BCUT2D eigenvalue weighted by Crippen LogP contribution is 2.23. The molecule has 1 N–H and O–H groups in total. The highest BCUT2D eigenvalue weighted by molar-refractivity contribution is 5.66. The molecule has 1 rings (SSSR count). The second kappa shape index (κ2) is 7.04. The monoisotopic (exact) mass is 249 g/mol. The summed E-state index contributed by atoms with van der Waals surface area (Å²) in [7, 11) is 0. The summed E-state index contributed by atoms with van der Waals surface area (Å²) in [5, 5.41) is 8.71. The Morgan fingerprint density at radius 3 is 2.61 bits per heavy atom. The zero-order valence-electron chi connectivity index (χ0n) is 11.6. The van der Waals surface area contributed by atoms with E-state index in [1.54, 1.807) is 0 Å². The van der Waals surface area contributed by atoms with Crippen molar-refractivity contribution in [1.82, 2.24) is 0 Å². The lowest BCUT2D eigenvalue weighted by Crippen LogP contribution is -2.26. The lowest BCUT2D eigenvalue weighted by Gasteiger charge is -2.26. The topological polar surface area (TPSA) is 40.5 Å². The van der Waals surface area contributed by atoms with Crippen molar-refractivity contribution in [2.45, 2.75) is 40.0 Å². The molecule has 0 fully saturated rings. The largest absolute Gasteiger partial charge is 0.481 e. The maximum atomic E-state index is 10.6. The van der Waals surface area contributed by atoms with Crippen LogP contribution in [0.2, 0.25) is 0 Å². The fourth-order valence-electron chi connectivity index (χ4n) is 2.12. The molecule has 0 saturated carbocycles. The van der Waals surface area contributed by atoms with Crippen LogP contribution in [-0.4, -0.2) is 24.2 Å². The van der Waals surface area contributed by atoms with Gasteiger partial charge in [-0.15, -0.1) is 0 Å². The van der Waals surface area contributed by atoms with E-state index < -0.39 is 5.97 Å². The van der Waals surface area contributed by atoms with Crippen molar-refractivity contribution in [2.24, 2.45) is 0 Å². The third-order valence-electron chi connectivity index (χ3n) is 3.23. The van der Waals surface area contributed by atoms with Crippen molar-refractivity contribution in [3.05, 3.63) is 29.3 Å². The summed E-state index contributed by atoms with van der Waals surface area (Å²) in [5.74, 6) is -0.715. The van der Waals surface area contributed by atoms with E-state index in [1.807, 2.05) is 0 Å². The van der Waals surface area contributed by atoms with Gasteiger partial charge in [0.1, 0.15) is 0 Å². The van der Waals surface area contributed by atoms with Crippen molar-refractivity contribution in [1.29, 1.82) is 0 Å². The number of benzene rings is 1. The van der Waals surface area contributed by atoms with Gasteiger partial charge in [-0.3, -0.25) is 4.79 Å². The van der Waals surface area contributed by atoms with E-state index in [9.17, 15) is 4.79 Å². The molecule has 1 aromatic rings. The normalized spacial score (nSPS) is 10.4. The van der Waals surface area contributed by atoms with Crippen LogP contribution in [0, 0.1) is 13.8 Å². The first-order valence-electron chi connectivity index (χ1n) is 6.59. The summed E-state index contributed by atoms with van der Waals surface area (Å²) in [6.07, 6.45) is 2.01. The van der Waals surface area contributed by atoms with E-state index in [-0.39, 0.29) is 6.42 Å². The Morgan fingerprint density at radius 2 is 2.00 bits per heavy atom. The Hall–Kier alpha value is -1.51. The van der Waals surface area contributed by atoms with E-state index >= 15 is 0 Å². The molecule has 1 aromatic carbocycles. The van der Waals surface area contributed by atoms with Crippen LogP contribution in [0.5, 0.6) is 0 Å². The third kappa shape index (κ3) is 4.06. The van der Waals surface area contributed by atoms with Crippen LogP contribution in [-0.2, 0) is 4.79 Å². The molecule has 100 valence electrons. The van der Waals surface area contributed by atoms with Gasteiger partial charge in [-0.1, -0.05) is 19.1 Å². The molecule has 0 spiro atoms. The first-order chi connectivity index (χ1) is 8.56. The van der Waals surface area contributed by atoms with E-state index in [0.29, 0.717) is 6.42 Å². The zero-order valence-corrected chi connectivity index (χ0v) is 11.6. The second-order valence-corrected chi connectivity index (χ2v) is 4.70. The van der Waals surface area contributed by atoms with Crippen LogP contribution in [0.15, 0.2) is 18.2 Å². The lowest BCUT2D eigenvalue weighted by molar-refractivity contribution is -0.137. The summed E-state index contributed by atoms with van der Waals surface area (Å²) in [6, 6.07) is 6.30. The lowest BCUT2D eigenvalue weighted by atomic mass is 10.1. The molecular formula is C15H23NO2. The van der Waals surface area contributed by atoms with E-state index in [4.69, 9.17) is 5.11 Å². The number of rotatable bonds is 7. The third-order valence-corrected chi connectivity index (χ3v) is 3.23. The molecule has 0 amide bonds. The van der Waals surface area contributed by atoms with Crippen molar-refractivity contribution < 1.29 is 9.90 Å². The summed E-state index contributed by atoms with van der Waals surface area (Å²) >= 11 is 0. The quantitative estimate of drug-likeness (QED) is 0.805. The Balaban J connectivity index is 2.77. The van der Waals surface area contributed by atoms with Crippen LogP contribution in [0.3, 0.4) is 0 Å². The predicted octanol–water partition coefficient (Wildman–Crippen LogP) is 3.38. The van der Waals surface area contributed by atoms with Gasteiger partial charge in [0.25, 0.3) is 0 Å². The molecule has 0 aliphatic rings. The van der Waals surface area contributed by atoms with Gasteiger partial charge < -0.3 is 10.0 Å². The molecule has 0 aliphatic carbocycles. The number of aliphatic carboxylic acids is 1. The predicted molar refractivity (Wildman–Crippen MR) is 75.3 cm³/mol. The number of hydrogen-bond donors (Lipinski definition) is 1. The van der Waals surface area contributed by atoms with Crippen molar-refractivity contribution >= 4 is 11.7 Å². The second-order valence-electron chi connectivity index (χ2n) is 4.70. The van der Waals surface area contributed by atoms with Crippen molar-refractivity contribution in [3.8, 4) is 0 Å². The summed E-state index contributed by atoms with van der Waals surface area (Å²) in [4.78, 5) is 12.9. The average molecular weight is 249 g/mol. The van der Waals surface area contributed by atoms with Crippen molar-refractivity contribution in [2.75, 3.05) is 18.0 Å². The Kier molecular flexibility index (Phi) is 5.69. The summed E-state index contributed by atoms with van der Waals surface area (Å²) < 4.78 is 0. The number of aryl methyl sites for hydroxylation is 1. The molecule has 0 bridgehead atoms. The standard InChI is InChI=1S/C15H23NO2/c1-4-10-16(11-6-9-15(17)18)14-8-5-7-12(2)13(14)3/h5,7-8H,4,6,9-11H2,1-3H3,(H,17,18). The SMILES string of the molecule is CCCN(CCCC(=O)O)c1cccc(C)c1C. The number of anilines is 1. The molecule has 0 heterocycles. The number of carboxylic acid groups (broad SMARTS) is 1. The van der Waals surface area contributed by atoms with Crippen LogP contribution in [0.4, 0.5) is 5.69 Å². The fourth-order valence-corrected chi connectivity index (χ4v) is 2.12. The smallest absolute Gasteiger partial charge is 0.303 e. The number of hydrogen-bond acceptors (Lipinski definition) is 2. The first-order valence-corrected chi connectivity index (χ1v) is 6.59. The minimum atomic E-state index is -0.715. The van der Waals surface area contributed by atoms with Crippen LogP contribution >= 0.6 is 0 Å². The minimum Gasteiger partial charge on any atom is -0.481 e. The molecule has 0 aromatic heterocycles. The molecule has 0 aliphatic heterocycles. The van der Waals surface area contributed by atoms with Gasteiger partial charge in [-0.2, -0.15) is 0 Å². The maximum absolute atomic E-state index is 10.6. The highest BCUT2D eigenvalue weighted by atomic mass is 16.4. The van der Waals surface area contributed by atoms with Gasteiger partial charge in [-0.25, -0.2) is 0 Å². The van der Waals surface area contributed by atoms with E-state index in [2.05, 4.69) is 43.9 Å². The minimum absolute atomic E-state index is 0.241. The van der Waals surface area contributed by atoms with Crippen LogP contribution in [0.25, 0.3) is 0 Å². The van der Waals surface area contributed by atoms with Gasteiger partial charge in [0.2, 0.25) is 0 Å². The summed E-state index contributed by atoms with van der Waals surface area (Å²) in [5.41, 5.74) is 3.82. The Bertz CT molecular complexity index is 401. The van der Waals surface area contributed by atoms with E-state index in [1.165, 1.54) is 16.8 Å². The van der Waals surface area contributed by atoms with Gasteiger partial charge >= 0.3 is 5.97 Å². The first kappa shape index (κ1) is 14.6.